The molecule has 0 aromatic carbocycles. The predicted octanol–water partition coefficient (Wildman–Crippen LogP) is 2.49. The van der Waals surface area contributed by atoms with Crippen LogP contribution in [0.2, 0.25) is 0 Å². The summed E-state index contributed by atoms with van der Waals surface area (Å²) in [6.45, 7) is 10.8. The number of rotatable bonds is 5. The normalized spacial score (nSPS) is 32.2. The lowest BCUT2D eigenvalue weighted by molar-refractivity contribution is 0.128. The van der Waals surface area contributed by atoms with Crippen molar-refractivity contribution in [3.8, 4) is 0 Å². The summed E-state index contributed by atoms with van der Waals surface area (Å²) in [6, 6.07) is 1.47. The molecule has 1 aliphatic carbocycles. The summed E-state index contributed by atoms with van der Waals surface area (Å²) in [5.74, 6) is 1.89. The van der Waals surface area contributed by atoms with Gasteiger partial charge in [-0.25, -0.2) is 0 Å². The third kappa shape index (κ3) is 3.74. The number of nitrogens with zero attached hydrogens (tertiary/aromatic N) is 1. The van der Waals surface area contributed by atoms with Gasteiger partial charge in [0.25, 0.3) is 0 Å². The standard InChI is InChI=1S/C14H28N2/c1-11(2)8-14-10-16(12(3)9-15-14)7-6-13-4-5-13/h11-15H,4-10H2,1-3H3. The summed E-state index contributed by atoms with van der Waals surface area (Å²) in [6.07, 6.45) is 5.76. The Morgan fingerprint density at radius 1 is 1.31 bits per heavy atom. The van der Waals surface area contributed by atoms with Gasteiger partial charge in [-0.1, -0.05) is 26.7 Å². The van der Waals surface area contributed by atoms with Gasteiger partial charge in [0.2, 0.25) is 0 Å². The number of hydrogen-bond acceptors (Lipinski definition) is 2. The van der Waals surface area contributed by atoms with E-state index in [4.69, 9.17) is 0 Å². The van der Waals surface area contributed by atoms with E-state index in [0.717, 1.165) is 23.9 Å². The van der Waals surface area contributed by atoms with Gasteiger partial charge in [0.1, 0.15) is 0 Å². The van der Waals surface area contributed by atoms with Crippen molar-refractivity contribution in [2.45, 2.75) is 58.5 Å². The Kier molecular flexibility index (Phi) is 4.26. The lowest BCUT2D eigenvalue weighted by Crippen LogP contribution is -2.55. The summed E-state index contributed by atoms with van der Waals surface area (Å²) in [5, 5.41) is 3.69. The highest BCUT2D eigenvalue weighted by molar-refractivity contribution is 4.85. The van der Waals surface area contributed by atoms with E-state index in [1.165, 1.54) is 45.3 Å². The van der Waals surface area contributed by atoms with Crippen LogP contribution in [0.4, 0.5) is 0 Å². The van der Waals surface area contributed by atoms with Gasteiger partial charge >= 0.3 is 0 Å². The molecule has 1 saturated heterocycles. The second-order valence-corrected chi connectivity index (χ2v) is 6.31. The Morgan fingerprint density at radius 3 is 2.69 bits per heavy atom. The SMILES string of the molecule is CC(C)CC1CN(CCC2CC2)C(C)CN1. The van der Waals surface area contributed by atoms with Crippen LogP contribution < -0.4 is 5.32 Å². The van der Waals surface area contributed by atoms with Gasteiger partial charge in [0, 0.05) is 25.2 Å². The van der Waals surface area contributed by atoms with E-state index in [1.54, 1.807) is 0 Å². The first-order valence-electron chi connectivity index (χ1n) is 7.12. The summed E-state index contributed by atoms with van der Waals surface area (Å²) in [4.78, 5) is 2.71. The highest BCUT2D eigenvalue weighted by atomic mass is 15.2. The van der Waals surface area contributed by atoms with E-state index in [2.05, 4.69) is 31.0 Å². The number of nitrogens with one attached hydrogen (secondary N) is 1. The van der Waals surface area contributed by atoms with E-state index < -0.39 is 0 Å². The van der Waals surface area contributed by atoms with Gasteiger partial charge in [-0.3, -0.25) is 4.90 Å². The lowest BCUT2D eigenvalue weighted by atomic mass is 10.00. The third-order valence-electron chi connectivity index (χ3n) is 4.06. The fourth-order valence-corrected chi connectivity index (χ4v) is 2.79. The van der Waals surface area contributed by atoms with Crippen LogP contribution in [0.1, 0.15) is 46.5 Å². The molecule has 2 unspecified atom stereocenters. The molecule has 2 nitrogen and oxygen atoms in total. The van der Waals surface area contributed by atoms with Gasteiger partial charge < -0.3 is 5.32 Å². The van der Waals surface area contributed by atoms with Gasteiger partial charge in [0.05, 0.1) is 0 Å². The number of hydrogen-bond donors (Lipinski definition) is 1. The van der Waals surface area contributed by atoms with Crippen LogP contribution in [0.25, 0.3) is 0 Å². The molecular formula is C14H28N2. The molecule has 1 saturated carbocycles. The molecule has 94 valence electrons. The van der Waals surface area contributed by atoms with Crippen LogP contribution >= 0.6 is 0 Å². The van der Waals surface area contributed by atoms with Crippen molar-refractivity contribution in [2.24, 2.45) is 11.8 Å². The molecule has 0 amide bonds. The molecule has 2 fully saturated rings. The van der Waals surface area contributed by atoms with E-state index in [0.29, 0.717) is 0 Å². The molecule has 0 aromatic rings. The van der Waals surface area contributed by atoms with E-state index in [9.17, 15) is 0 Å². The van der Waals surface area contributed by atoms with Gasteiger partial charge in [-0.05, 0) is 38.1 Å². The Labute approximate surface area is 101 Å². The Morgan fingerprint density at radius 2 is 2.06 bits per heavy atom. The largest absolute Gasteiger partial charge is 0.311 e. The number of piperazine rings is 1. The fraction of sp³-hybridized carbons (Fsp3) is 1.00. The van der Waals surface area contributed by atoms with Crippen LogP contribution in [-0.4, -0.2) is 36.6 Å². The highest BCUT2D eigenvalue weighted by Crippen LogP contribution is 2.32. The third-order valence-corrected chi connectivity index (χ3v) is 4.06. The molecule has 2 aliphatic rings. The van der Waals surface area contributed by atoms with Crippen LogP contribution in [0.15, 0.2) is 0 Å². The molecule has 0 radical (unpaired) electrons. The molecule has 2 rings (SSSR count). The maximum atomic E-state index is 3.69. The van der Waals surface area contributed by atoms with Crippen LogP contribution in [-0.2, 0) is 0 Å². The van der Waals surface area contributed by atoms with Crippen molar-refractivity contribution >= 4 is 0 Å². The highest BCUT2D eigenvalue weighted by Gasteiger charge is 2.27. The van der Waals surface area contributed by atoms with Gasteiger partial charge in [-0.15, -0.1) is 0 Å². The van der Waals surface area contributed by atoms with Crippen LogP contribution in [0.3, 0.4) is 0 Å². The fourth-order valence-electron chi connectivity index (χ4n) is 2.79. The average molecular weight is 224 g/mol. The Balaban J connectivity index is 1.74. The second-order valence-electron chi connectivity index (χ2n) is 6.31. The zero-order valence-corrected chi connectivity index (χ0v) is 11.2. The maximum Gasteiger partial charge on any atom is 0.0198 e. The van der Waals surface area contributed by atoms with Crippen LogP contribution in [0.5, 0.6) is 0 Å². The molecule has 1 aliphatic heterocycles. The Bertz CT molecular complexity index is 211. The van der Waals surface area contributed by atoms with Crippen molar-refractivity contribution in [1.29, 1.82) is 0 Å². The summed E-state index contributed by atoms with van der Waals surface area (Å²) >= 11 is 0. The van der Waals surface area contributed by atoms with Crippen molar-refractivity contribution in [3.05, 3.63) is 0 Å². The molecule has 1 N–H and O–H groups in total. The molecule has 2 atom stereocenters. The predicted molar refractivity (Wildman–Crippen MR) is 69.6 cm³/mol. The maximum absolute atomic E-state index is 3.69. The quantitative estimate of drug-likeness (QED) is 0.772. The minimum absolute atomic E-state index is 0.732. The second kappa shape index (κ2) is 5.50. The topological polar surface area (TPSA) is 15.3 Å². The van der Waals surface area contributed by atoms with Gasteiger partial charge in [0.15, 0.2) is 0 Å². The van der Waals surface area contributed by atoms with E-state index >= 15 is 0 Å². The zero-order valence-electron chi connectivity index (χ0n) is 11.2. The first kappa shape index (κ1) is 12.4. The summed E-state index contributed by atoms with van der Waals surface area (Å²) in [5.41, 5.74) is 0. The van der Waals surface area contributed by atoms with Crippen molar-refractivity contribution in [3.63, 3.8) is 0 Å². The van der Waals surface area contributed by atoms with E-state index in [-0.39, 0.29) is 0 Å². The smallest absolute Gasteiger partial charge is 0.0198 e. The molecule has 2 heteroatoms. The summed E-state index contributed by atoms with van der Waals surface area (Å²) < 4.78 is 0. The molecule has 0 bridgehead atoms. The van der Waals surface area contributed by atoms with Crippen molar-refractivity contribution in [2.75, 3.05) is 19.6 Å². The van der Waals surface area contributed by atoms with Crippen molar-refractivity contribution < 1.29 is 0 Å². The molecule has 1 heterocycles. The molecule has 0 spiro atoms. The minimum atomic E-state index is 0.732. The van der Waals surface area contributed by atoms with Crippen LogP contribution in [0, 0.1) is 11.8 Å². The molecule has 0 aromatic heterocycles. The van der Waals surface area contributed by atoms with Crippen molar-refractivity contribution in [1.82, 2.24) is 10.2 Å². The minimum Gasteiger partial charge on any atom is -0.311 e. The average Bonchev–Trinajstić information content (AvgIpc) is 3.02. The first-order chi connectivity index (χ1) is 7.65. The Hall–Kier alpha value is -0.0800. The monoisotopic (exact) mass is 224 g/mol. The van der Waals surface area contributed by atoms with Gasteiger partial charge in [-0.2, -0.15) is 0 Å². The molecule has 16 heavy (non-hydrogen) atoms. The van der Waals surface area contributed by atoms with E-state index in [1.807, 2.05) is 0 Å². The molecular weight excluding hydrogens is 196 g/mol. The zero-order chi connectivity index (χ0) is 11.5. The summed E-state index contributed by atoms with van der Waals surface area (Å²) in [7, 11) is 0. The first-order valence-corrected chi connectivity index (χ1v) is 7.12. The lowest BCUT2D eigenvalue weighted by Gasteiger charge is -2.39.